The number of fused-ring (bicyclic) bond motifs is 1. The van der Waals surface area contributed by atoms with Crippen LogP contribution in [-0.2, 0) is 10.0 Å². The van der Waals surface area contributed by atoms with Crippen LogP contribution in [0.2, 0.25) is 0 Å². The van der Waals surface area contributed by atoms with Crippen molar-refractivity contribution >= 4 is 20.9 Å². The number of rotatable bonds is 3. The van der Waals surface area contributed by atoms with E-state index in [1.807, 2.05) is 68.8 Å². The molecule has 0 unspecified atom stereocenters. The predicted molar refractivity (Wildman–Crippen MR) is 107 cm³/mol. The van der Waals surface area contributed by atoms with Gasteiger partial charge < -0.3 is 4.57 Å². The summed E-state index contributed by atoms with van der Waals surface area (Å²) in [4.78, 5) is 4.54. The molecular weight excluding hydrogens is 358 g/mol. The van der Waals surface area contributed by atoms with E-state index in [2.05, 4.69) is 4.98 Å². The van der Waals surface area contributed by atoms with Gasteiger partial charge in [-0.15, -0.1) is 0 Å². The summed E-state index contributed by atoms with van der Waals surface area (Å²) < 4.78 is 30.2. The molecule has 2 heterocycles. The lowest BCUT2D eigenvalue weighted by Crippen LogP contribution is -2.14. The molecule has 0 aliphatic carbocycles. The second-order valence-electron chi connectivity index (χ2n) is 6.96. The van der Waals surface area contributed by atoms with E-state index in [0.717, 1.165) is 33.4 Å². The molecule has 0 spiro atoms. The number of benzene rings is 2. The van der Waals surface area contributed by atoms with Crippen LogP contribution in [-0.4, -0.2) is 21.9 Å². The summed E-state index contributed by atoms with van der Waals surface area (Å²) in [5, 5.41) is 0.960. The van der Waals surface area contributed by atoms with Crippen LogP contribution in [0, 0.1) is 27.7 Å². The first kappa shape index (κ1) is 17.5. The van der Waals surface area contributed by atoms with Gasteiger partial charge in [-0.3, -0.25) is 0 Å². The average molecular weight is 379 g/mol. The fraction of sp³-hybridized carbons (Fsp3) is 0.190. The predicted octanol–water partition coefficient (Wildman–Crippen LogP) is 4.30. The van der Waals surface area contributed by atoms with Gasteiger partial charge in [-0.1, -0.05) is 18.2 Å². The molecule has 2 aromatic carbocycles. The van der Waals surface area contributed by atoms with Gasteiger partial charge in [0.05, 0.1) is 22.4 Å². The Hall–Kier alpha value is -2.86. The summed E-state index contributed by atoms with van der Waals surface area (Å²) in [6.45, 7) is 7.62. The molecule has 2 aromatic heterocycles. The Morgan fingerprint density at radius 1 is 0.889 bits per heavy atom. The zero-order valence-electron chi connectivity index (χ0n) is 15.8. The summed E-state index contributed by atoms with van der Waals surface area (Å²) >= 11 is 0. The summed E-state index contributed by atoms with van der Waals surface area (Å²) in [5.41, 5.74) is 5.12. The van der Waals surface area contributed by atoms with Crippen LogP contribution in [0.3, 0.4) is 0 Å². The lowest BCUT2D eigenvalue weighted by atomic mass is 10.1. The van der Waals surface area contributed by atoms with Gasteiger partial charge >= 0.3 is 0 Å². The van der Waals surface area contributed by atoms with Gasteiger partial charge in [0.1, 0.15) is 0 Å². The van der Waals surface area contributed by atoms with Crippen LogP contribution in [0.15, 0.2) is 60.0 Å². The maximum atomic E-state index is 13.4. The fourth-order valence-electron chi connectivity index (χ4n) is 3.52. The van der Waals surface area contributed by atoms with Crippen molar-refractivity contribution in [1.29, 1.82) is 0 Å². The summed E-state index contributed by atoms with van der Waals surface area (Å²) in [6.07, 6.45) is 5.35. The fourth-order valence-corrected chi connectivity index (χ4v) is 5.22. The number of hydrogen-bond donors (Lipinski definition) is 0. The second-order valence-corrected chi connectivity index (χ2v) is 8.74. The third-order valence-electron chi connectivity index (χ3n) is 4.90. The third-order valence-corrected chi connectivity index (χ3v) is 6.72. The van der Waals surface area contributed by atoms with E-state index in [1.165, 1.54) is 3.97 Å². The molecule has 0 atom stereocenters. The Bertz CT molecular complexity index is 1280. The monoisotopic (exact) mass is 379 g/mol. The number of imidazole rings is 1. The van der Waals surface area contributed by atoms with Crippen molar-refractivity contribution in [1.82, 2.24) is 13.5 Å². The minimum absolute atomic E-state index is 0.309. The van der Waals surface area contributed by atoms with E-state index >= 15 is 0 Å². The molecule has 27 heavy (non-hydrogen) atoms. The molecule has 0 bridgehead atoms. The van der Waals surface area contributed by atoms with Gasteiger partial charge in [-0.25, -0.2) is 17.4 Å². The normalized spacial score (nSPS) is 12.0. The van der Waals surface area contributed by atoms with Crippen molar-refractivity contribution < 1.29 is 8.42 Å². The molecule has 0 fully saturated rings. The van der Waals surface area contributed by atoms with Gasteiger partial charge in [-0.2, -0.15) is 0 Å². The highest BCUT2D eigenvalue weighted by atomic mass is 32.2. The summed E-state index contributed by atoms with van der Waals surface area (Å²) in [5.74, 6) is 0. The van der Waals surface area contributed by atoms with Gasteiger partial charge in [0, 0.05) is 23.5 Å². The maximum Gasteiger partial charge on any atom is 0.268 e. The molecule has 4 aromatic rings. The molecule has 0 saturated heterocycles. The quantitative estimate of drug-likeness (QED) is 0.533. The van der Waals surface area contributed by atoms with E-state index in [4.69, 9.17) is 0 Å². The van der Waals surface area contributed by atoms with Crippen LogP contribution < -0.4 is 0 Å². The van der Waals surface area contributed by atoms with Crippen molar-refractivity contribution in [2.24, 2.45) is 0 Å². The third kappa shape index (κ3) is 2.77. The molecule has 5 nitrogen and oxygen atoms in total. The molecule has 0 aliphatic rings. The summed E-state index contributed by atoms with van der Waals surface area (Å²) in [6, 6.07) is 11.2. The molecule has 0 radical (unpaired) electrons. The Morgan fingerprint density at radius 2 is 1.67 bits per heavy atom. The van der Waals surface area contributed by atoms with Crippen LogP contribution in [0.1, 0.15) is 22.4 Å². The number of hydrogen-bond acceptors (Lipinski definition) is 3. The zero-order valence-corrected chi connectivity index (χ0v) is 16.6. The van der Waals surface area contributed by atoms with Crippen LogP contribution in [0.5, 0.6) is 0 Å². The van der Waals surface area contributed by atoms with E-state index in [0.29, 0.717) is 10.5 Å². The number of aromatic nitrogens is 3. The highest BCUT2D eigenvalue weighted by molar-refractivity contribution is 7.90. The number of para-hydroxylation sites is 1. The van der Waals surface area contributed by atoms with Crippen molar-refractivity contribution in [3.8, 4) is 5.69 Å². The molecule has 6 heteroatoms. The van der Waals surface area contributed by atoms with Crippen LogP contribution in [0.4, 0.5) is 0 Å². The Balaban J connectivity index is 1.88. The summed E-state index contributed by atoms with van der Waals surface area (Å²) in [7, 11) is -3.70. The van der Waals surface area contributed by atoms with E-state index in [9.17, 15) is 8.42 Å². The van der Waals surface area contributed by atoms with Crippen molar-refractivity contribution in [2.75, 3.05) is 0 Å². The molecule has 4 rings (SSSR count). The molecule has 138 valence electrons. The van der Waals surface area contributed by atoms with E-state index < -0.39 is 10.0 Å². The standard InChI is InChI=1S/C21H21N3O2S/c1-14-6-5-7-19-16(3)11-24(21(14)19)27(25,26)20-9-8-18(10-15(20)2)23-12-17(4)22-13-23/h5-13H,1-4H3. The van der Waals surface area contributed by atoms with Crippen molar-refractivity contribution in [3.05, 3.63) is 77.5 Å². The largest absolute Gasteiger partial charge is 0.306 e. The lowest BCUT2D eigenvalue weighted by Gasteiger charge is -2.13. The van der Waals surface area contributed by atoms with Gasteiger partial charge in [-0.05, 0) is 62.6 Å². The topological polar surface area (TPSA) is 56.9 Å². The van der Waals surface area contributed by atoms with Crippen molar-refractivity contribution in [3.63, 3.8) is 0 Å². The first-order chi connectivity index (χ1) is 12.8. The van der Waals surface area contributed by atoms with E-state index in [-0.39, 0.29) is 0 Å². The zero-order chi connectivity index (χ0) is 19.3. The molecule has 0 saturated carbocycles. The lowest BCUT2D eigenvalue weighted by molar-refractivity contribution is 0.588. The van der Waals surface area contributed by atoms with Gasteiger partial charge in [0.15, 0.2) is 0 Å². The highest BCUT2D eigenvalue weighted by Gasteiger charge is 2.23. The average Bonchev–Trinajstić information content (AvgIpc) is 3.20. The Kier molecular flexibility index (Phi) is 3.96. The minimum atomic E-state index is -3.70. The first-order valence-electron chi connectivity index (χ1n) is 8.73. The molecule has 0 aliphatic heterocycles. The highest BCUT2D eigenvalue weighted by Crippen LogP contribution is 2.29. The second kappa shape index (κ2) is 6.09. The maximum absolute atomic E-state index is 13.4. The number of nitrogens with zero attached hydrogens (tertiary/aromatic N) is 3. The molecular formula is C21H21N3O2S. The first-order valence-corrected chi connectivity index (χ1v) is 10.2. The van der Waals surface area contributed by atoms with Crippen LogP contribution >= 0.6 is 0 Å². The van der Waals surface area contributed by atoms with E-state index in [1.54, 1.807) is 18.6 Å². The Morgan fingerprint density at radius 3 is 2.33 bits per heavy atom. The van der Waals surface area contributed by atoms with Gasteiger partial charge in [0.25, 0.3) is 10.0 Å². The molecule has 0 N–H and O–H groups in total. The number of aryl methyl sites for hydroxylation is 4. The Labute approximate surface area is 159 Å². The SMILES string of the molecule is Cc1cn(-c2ccc(S(=O)(=O)n3cc(C)c4cccc(C)c43)c(C)c2)cn1. The van der Waals surface area contributed by atoms with Crippen molar-refractivity contribution in [2.45, 2.75) is 32.6 Å². The molecule has 0 amide bonds. The van der Waals surface area contributed by atoms with Gasteiger partial charge in [0.2, 0.25) is 0 Å². The minimum Gasteiger partial charge on any atom is -0.306 e. The smallest absolute Gasteiger partial charge is 0.268 e. The van der Waals surface area contributed by atoms with Crippen LogP contribution in [0.25, 0.3) is 16.6 Å².